The van der Waals surface area contributed by atoms with Gasteiger partial charge in [0.1, 0.15) is 10.4 Å². The Morgan fingerprint density at radius 2 is 2.00 bits per heavy atom. The van der Waals surface area contributed by atoms with Crippen LogP contribution in [-0.2, 0) is 12.9 Å². The topological polar surface area (TPSA) is 12.9 Å². The number of pyridine rings is 1. The summed E-state index contributed by atoms with van der Waals surface area (Å²) in [5.74, 6) is 0. The number of aromatic nitrogens is 1. The molecule has 1 aromatic heterocycles. The lowest BCUT2D eigenvalue weighted by molar-refractivity contribution is -0.138. The van der Waals surface area contributed by atoms with Crippen molar-refractivity contribution >= 4 is 22.6 Å². The third-order valence-corrected chi connectivity index (χ3v) is 2.22. The van der Waals surface area contributed by atoms with Crippen molar-refractivity contribution in [3.05, 3.63) is 27.1 Å². The summed E-state index contributed by atoms with van der Waals surface area (Å²) in [6, 6.07) is 0.773. The van der Waals surface area contributed by atoms with Gasteiger partial charge in [0, 0.05) is 11.8 Å². The summed E-state index contributed by atoms with van der Waals surface area (Å²) in [4.78, 5) is 3.44. The number of rotatable bonds is 1. The Balaban J connectivity index is 3.19. The van der Waals surface area contributed by atoms with Crippen LogP contribution < -0.4 is 0 Å². The van der Waals surface area contributed by atoms with Crippen molar-refractivity contribution in [1.82, 2.24) is 4.98 Å². The van der Waals surface area contributed by atoms with Gasteiger partial charge in [-0.3, -0.25) is 0 Å². The molecule has 0 fully saturated rings. The first-order valence-corrected chi connectivity index (χ1v) is 4.30. The minimum Gasteiger partial charge on any atom is -0.249 e. The smallest absolute Gasteiger partial charge is 0.249 e. The molecule has 1 rings (SSSR count). The summed E-state index contributed by atoms with van der Waals surface area (Å²) >= 11 is 1.47. The summed E-state index contributed by atoms with van der Waals surface area (Å²) in [5, 5.41) is 0. The highest BCUT2D eigenvalue weighted by Gasteiger charge is 2.33. The van der Waals surface area contributed by atoms with Gasteiger partial charge in [0.05, 0.1) is 5.56 Å². The van der Waals surface area contributed by atoms with Gasteiger partial charge in [-0.2, -0.15) is 13.2 Å². The molecule has 0 aliphatic rings. The molecule has 0 radical (unpaired) electrons. The van der Waals surface area contributed by atoms with E-state index in [4.69, 9.17) is 0 Å². The lowest BCUT2D eigenvalue weighted by atomic mass is 10.2. The summed E-state index contributed by atoms with van der Waals surface area (Å²) in [5.41, 5.74) is -0.948. The van der Waals surface area contributed by atoms with E-state index in [9.17, 15) is 17.6 Å². The molecule has 0 atom stereocenters. The standard InChI is InChI=1S/C7H4F4IN/c8-2-4-1-5(7(9,10)11)6(12)13-3-4/h1,3H,2H2. The highest BCUT2D eigenvalue weighted by atomic mass is 127. The summed E-state index contributed by atoms with van der Waals surface area (Å²) < 4.78 is 48.4. The molecule has 0 N–H and O–H groups in total. The lowest BCUT2D eigenvalue weighted by Gasteiger charge is -2.08. The molecule has 0 spiro atoms. The lowest BCUT2D eigenvalue weighted by Crippen LogP contribution is -2.09. The van der Waals surface area contributed by atoms with Crippen LogP contribution in [0, 0.1) is 3.70 Å². The molecule has 1 nitrogen and oxygen atoms in total. The first kappa shape index (κ1) is 10.7. The van der Waals surface area contributed by atoms with Gasteiger partial charge in [-0.15, -0.1) is 0 Å². The Hall–Kier alpha value is -0.400. The molecule has 6 heteroatoms. The summed E-state index contributed by atoms with van der Waals surface area (Å²) in [6.07, 6.45) is -3.37. The number of nitrogens with zero attached hydrogens (tertiary/aromatic N) is 1. The van der Waals surface area contributed by atoms with E-state index in [2.05, 4.69) is 4.98 Å². The first-order chi connectivity index (χ1) is 5.95. The molecule has 0 bridgehead atoms. The van der Waals surface area contributed by atoms with Gasteiger partial charge >= 0.3 is 6.18 Å². The first-order valence-electron chi connectivity index (χ1n) is 3.22. The fourth-order valence-corrected chi connectivity index (χ4v) is 1.36. The Labute approximate surface area is 85.3 Å². The zero-order valence-electron chi connectivity index (χ0n) is 6.20. The molecule has 72 valence electrons. The normalized spacial score (nSPS) is 11.8. The van der Waals surface area contributed by atoms with Gasteiger partial charge in [-0.25, -0.2) is 9.37 Å². The van der Waals surface area contributed by atoms with E-state index in [1.807, 2.05) is 0 Å². The molecular formula is C7H4F4IN. The maximum atomic E-state index is 12.2. The Morgan fingerprint density at radius 3 is 2.46 bits per heavy atom. The van der Waals surface area contributed by atoms with Gasteiger partial charge < -0.3 is 0 Å². The Bertz CT molecular complexity index is 310. The third kappa shape index (κ3) is 2.52. The van der Waals surface area contributed by atoms with Crippen LogP contribution in [0.1, 0.15) is 11.1 Å². The fourth-order valence-electron chi connectivity index (χ4n) is 0.763. The van der Waals surface area contributed by atoms with Crippen LogP contribution in [0.15, 0.2) is 12.3 Å². The average Bonchev–Trinajstić information content (AvgIpc) is 2.03. The average molecular weight is 305 g/mol. The monoisotopic (exact) mass is 305 g/mol. The van der Waals surface area contributed by atoms with E-state index in [1.54, 1.807) is 0 Å². The quantitative estimate of drug-likeness (QED) is 0.441. The van der Waals surface area contributed by atoms with Crippen LogP contribution in [0.5, 0.6) is 0 Å². The number of hydrogen-bond acceptors (Lipinski definition) is 1. The van der Waals surface area contributed by atoms with Crippen molar-refractivity contribution in [1.29, 1.82) is 0 Å². The van der Waals surface area contributed by atoms with E-state index in [0.717, 1.165) is 12.3 Å². The molecule has 1 heterocycles. The maximum absolute atomic E-state index is 12.2. The van der Waals surface area contributed by atoms with Gasteiger partial charge in [-0.1, -0.05) is 0 Å². The molecule has 0 unspecified atom stereocenters. The van der Waals surface area contributed by atoms with Crippen LogP contribution in [0.25, 0.3) is 0 Å². The second-order valence-electron chi connectivity index (χ2n) is 2.31. The van der Waals surface area contributed by atoms with Crippen LogP contribution in [0.3, 0.4) is 0 Å². The van der Waals surface area contributed by atoms with Crippen molar-refractivity contribution in [2.75, 3.05) is 0 Å². The van der Waals surface area contributed by atoms with Gasteiger partial charge in [0.2, 0.25) is 0 Å². The van der Waals surface area contributed by atoms with E-state index >= 15 is 0 Å². The van der Waals surface area contributed by atoms with Gasteiger partial charge in [0.25, 0.3) is 0 Å². The molecule has 13 heavy (non-hydrogen) atoms. The van der Waals surface area contributed by atoms with Crippen LogP contribution in [0.4, 0.5) is 17.6 Å². The van der Waals surface area contributed by atoms with E-state index in [0.29, 0.717) is 0 Å². The van der Waals surface area contributed by atoms with E-state index in [1.165, 1.54) is 22.6 Å². The second-order valence-corrected chi connectivity index (χ2v) is 3.34. The van der Waals surface area contributed by atoms with Gasteiger partial charge in [-0.05, 0) is 28.7 Å². The fraction of sp³-hybridized carbons (Fsp3) is 0.286. The largest absolute Gasteiger partial charge is 0.418 e. The Morgan fingerprint density at radius 1 is 1.38 bits per heavy atom. The van der Waals surface area contributed by atoms with Crippen LogP contribution in [-0.4, -0.2) is 4.98 Å². The van der Waals surface area contributed by atoms with E-state index < -0.39 is 18.4 Å². The zero-order chi connectivity index (χ0) is 10.1. The van der Waals surface area contributed by atoms with Gasteiger partial charge in [0.15, 0.2) is 0 Å². The molecule has 0 amide bonds. The summed E-state index contributed by atoms with van der Waals surface area (Å²) in [7, 11) is 0. The molecule has 0 aliphatic heterocycles. The maximum Gasteiger partial charge on any atom is 0.418 e. The SMILES string of the molecule is FCc1cnc(I)c(C(F)(F)F)c1. The minimum atomic E-state index is -4.46. The highest BCUT2D eigenvalue weighted by molar-refractivity contribution is 14.1. The highest BCUT2D eigenvalue weighted by Crippen LogP contribution is 2.32. The molecule has 0 aromatic carbocycles. The zero-order valence-corrected chi connectivity index (χ0v) is 8.36. The number of halogens is 5. The minimum absolute atomic E-state index is 0.0623. The molecule has 0 saturated heterocycles. The van der Waals surface area contributed by atoms with E-state index in [-0.39, 0.29) is 9.26 Å². The number of alkyl halides is 4. The predicted octanol–water partition coefficient (Wildman–Crippen LogP) is 3.17. The second kappa shape index (κ2) is 3.77. The van der Waals surface area contributed by atoms with Crippen LogP contribution >= 0.6 is 22.6 Å². The summed E-state index contributed by atoms with van der Waals surface area (Å²) in [6.45, 7) is -0.937. The van der Waals surface area contributed by atoms with Crippen molar-refractivity contribution in [2.45, 2.75) is 12.9 Å². The predicted molar refractivity (Wildman–Crippen MR) is 46.8 cm³/mol. The van der Waals surface area contributed by atoms with Crippen LogP contribution in [0.2, 0.25) is 0 Å². The van der Waals surface area contributed by atoms with Crippen molar-refractivity contribution < 1.29 is 17.6 Å². The van der Waals surface area contributed by atoms with Crippen molar-refractivity contribution in [3.63, 3.8) is 0 Å². The molecule has 0 aliphatic carbocycles. The molecule has 0 saturated carbocycles. The molecule has 1 aromatic rings. The Kier molecular flexibility index (Phi) is 3.09. The van der Waals surface area contributed by atoms with Crippen molar-refractivity contribution in [2.24, 2.45) is 0 Å². The molecular weight excluding hydrogens is 301 g/mol. The number of hydrogen-bond donors (Lipinski definition) is 0. The van der Waals surface area contributed by atoms with Crippen molar-refractivity contribution in [3.8, 4) is 0 Å². The third-order valence-electron chi connectivity index (χ3n) is 1.36.